The summed E-state index contributed by atoms with van der Waals surface area (Å²) in [7, 11) is 0. The van der Waals surface area contributed by atoms with Gasteiger partial charge in [-0.3, -0.25) is 9.59 Å². The van der Waals surface area contributed by atoms with E-state index in [1.54, 1.807) is 13.8 Å². The summed E-state index contributed by atoms with van der Waals surface area (Å²) in [6, 6.07) is 0. The smallest absolute Gasteiger partial charge is 0.265 e. The zero-order valence-electron chi connectivity index (χ0n) is 12.8. The van der Waals surface area contributed by atoms with E-state index in [4.69, 9.17) is 11.5 Å². The van der Waals surface area contributed by atoms with E-state index >= 15 is 0 Å². The molecule has 0 saturated heterocycles. The van der Waals surface area contributed by atoms with Crippen LogP contribution in [0.15, 0.2) is 0 Å². The van der Waals surface area contributed by atoms with Crippen LogP contribution < -0.4 is 22.1 Å². The second-order valence-electron chi connectivity index (χ2n) is 5.99. The van der Waals surface area contributed by atoms with Crippen molar-refractivity contribution in [2.45, 2.75) is 39.7 Å². The van der Waals surface area contributed by atoms with Crippen molar-refractivity contribution < 1.29 is 9.59 Å². The SMILES string of the molecule is CC(C)CNc1nc(N)c(C(=O)NC(C)(C)CC(N)=O)s1. The summed E-state index contributed by atoms with van der Waals surface area (Å²) in [5, 5.41) is 6.48. The molecule has 0 aliphatic carbocycles. The molecule has 21 heavy (non-hydrogen) atoms. The van der Waals surface area contributed by atoms with Crippen LogP contribution in [0.5, 0.6) is 0 Å². The molecule has 0 aromatic carbocycles. The van der Waals surface area contributed by atoms with Crippen molar-refractivity contribution in [1.82, 2.24) is 10.3 Å². The largest absolute Gasteiger partial charge is 0.382 e. The van der Waals surface area contributed by atoms with E-state index in [-0.39, 0.29) is 18.1 Å². The lowest BCUT2D eigenvalue weighted by Gasteiger charge is -2.24. The average Bonchev–Trinajstić information content (AvgIpc) is 2.65. The highest BCUT2D eigenvalue weighted by Crippen LogP contribution is 2.25. The van der Waals surface area contributed by atoms with E-state index in [1.165, 1.54) is 11.3 Å². The number of anilines is 2. The van der Waals surface area contributed by atoms with Crippen molar-refractivity contribution in [2.75, 3.05) is 17.6 Å². The van der Waals surface area contributed by atoms with Crippen molar-refractivity contribution in [2.24, 2.45) is 11.7 Å². The Morgan fingerprint density at radius 3 is 2.52 bits per heavy atom. The third-order valence-corrected chi connectivity index (χ3v) is 3.62. The molecule has 0 spiro atoms. The predicted molar refractivity (Wildman–Crippen MR) is 85.2 cm³/mol. The summed E-state index contributed by atoms with van der Waals surface area (Å²) < 4.78 is 0. The molecule has 1 aromatic heterocycles. The molecule has 7 nitrogen and oxygen atoms in total. The second-order valence-corrected chi connectivity index (χ2v) is 6.99. The van der Waals surface area contributed by atoms with Gasteiger partial charge in [-0.05, 0) is 19.8 Å². The van der Waals surface area contributed by atoms with Crippen molar-refractivity contribution in [1.29, 1.82) is 0 Å². The molecule has 1 aromatic rings. The molecule has 1 rings (SSSR count). The predicted octanol–water partition coefficient (Wildman–Crippen LogP) is 1.18. The van der Waals surface area contributed by atoms with Crippen LogP contribution in [0, 0.1) is 5.92 Å². The fourth-order valence-corrected chi connectivity index (χ4v) is 2.49. The third kappa shape index (κ3) is 5.58. The van der Waals surface area contributed by atoms with E-state index in [9.17, 15) is 9.59 Å². The van der Waals surface area contributed by atoms with Crippen molar-refractivity contribution in [3.8, 4) is 0 Å². The lowest BCUT2D eigenvalue weighted by Crippen LogP contribution is -2.45. The maximum atomic E-state index is 12.2. The number of aromatic nitrogens is 1. The molecular weight excluding hydrogens is 290 g/mol. The summed E-state index contributed by atoms with van der Waals surface area (Å²) in [4.78, 5) is 27.7. The summed E-state index contributed by atoms with van der Waals surface area (Å²) in [5.41, 5.74) is 10.2. The van der Waals surface area contributed by atoms with E-state index in [0.29, 0.717) is 15.9 Å². The maximum absolute atomic E-state index is 12.2. The number of nitrogen functional groups attached to an aromatic ring is 1. The standard InChI is InChI=1S/C13H23N5O2S/c1-7(2)6-16-12-17-10(15)9(21-12)11(20)18-13(3,4)5-8(14)19/h7H,5-6,15H2,1-4H3,(H2,14,19)(H,16,17)(H,18,20). The van der Waals surface area contributed by atoms with Gasteiger partial charge in [0.1, 0.15) is 10.7 Å². The molecule has 0 fully saturated rings. The van der Waals surface area contributed by atoms with Gasteiger partial charge in [-0.25, -0.2) is 4.98 Å². The number of carbonyl (C=O) groups is 2. The first-order chi connectivity index (χ1) is 9.60. The average molecular weight is 313 g/mol. The van der Waals surface area contributed by atoms with E-state index < -0.39 is 11.4 Å². The van der Waals surface area contributed by atoms with Gasteiger partial charge in [0.15, 0.2) is 5.13 Å². The van der Waals surface area contributed by atoms with Crippen LogP contribution in [0.25, 0.3) is 0 Å². The lowest BCUT2D eigenvalue weighted by atomic mass is 10.0. The Labute approximate surface area is 128 Å². The summed E-state index contributed by atoms with van der Waals surface area (Å²) in [6.45, 7) is 8.35. The van der Waals surface area contributed by atoms with Crippen LogP contribution >= 0.6 is 11.3 Å². The fourth-order valence-electron chi connectivity index (χ4n) is 1.71. The van der Waals surface area contributed by atoms with Crippen LogP contribution in [0.4, 0.5) is 10.9 Å². The van der Waals surface area contributed by atoms with E-state index in [0.717, 1.165) is 6.54 Å². The highest BCUT2D eigenvalue weighted by atomic mass is 32.1. The third-order valence-electron chi connectivity index (χ3n) is 2.59. The molecule has 0 saturated carbocycles. The van der Waals surface area contributed by atoms with Gasteiger partial charge in [-0.1, -0.05) is 25.2 Å². The van der Waals surface area contributed by atoms with Crippen LogP contribution in [-0.4, -0.2) is 28.9 Å². The Balaban J connectivity index is 2.76. The zero-order valence-corrected chi connectivity index (χ0v) is 13.6. The minimum Gasteiger partial charge on any atom is -0.382 e. The van der Waals surface area contributed by atoms with Gasteiger partial charge >= 0.3 is 0 Å². The molecular formula is C13H23N5O2S. The number of nitrogens with zero attached hydrogens (tertiary/aromatic N) is 1. The Kier molecular flexibility index (Phi) is 5.54. The molecule has 118 valence electrons. The van der Waals surface area contributed by atoms with Crippen LogP contribution in [0.2, 0.25) is 0 Å². The Morgan fingerprint density at radius 2 is 2.00 bits per heavy atom. The topological polar surface area (TPSA) is 123 Å². The normalized spacial score (nSPS) is 11.5. The number of nitrogens with two attached hydrogens (primary N) is 2. The van der Waals surface area contributed by atoms with E-state index in [1.807, 2.05) is 0 Å². The first-order valence-corrected chi connectivity index (χ1v) is 7.53. The molecule has 6 N–H and O–H groups in total. The first-order valence-electron chi connectivity index (χ1n) is 6.71. The van der Waals surface area contributed by atoms with Crippen molar-refractivity contribution >= 4 is 34.1 Å². The summed E-state index contributed by atoms with van der Waals surface area (Å²) in [5.74, 6) is -0.189. The van der Waals surface area contributed by atoms with Gasteiger partial charge in [0.05, 0.1) is 0 Å². The number of primary amides is 1. The molecule has 0 unspecified atom stereocenters. The summed E-state index contributed by atoms with van der Waals surface area (Å²) >= 11 is 1.19. The number of carbonyl (C=O) groups excluding carboxylic acids is 2. The minimum absolute atomic E-state index is 0.0515. The molecule has 8 heteroatoms. The van der Waals surface area contributed by atoms with Crippen molar-refractivity contribution in [3.63, 3.8) is 0 Å². The number of nitrogens with one attached hydrogen (secondary N) is 2. The number of thiazole rings is 1. The maximum Gasteiger partial charge on any atom is 0.265 e. The van der Waals surface area contributed by atoms with Gasteiger partial charge in [-0.2, -0.15) is 0 Å². The fraction of sp³-hybridized carbons (Fsp3) is 0.615. The minimum atomic E-state index is -0.731. The molecule has 1 heterocycles. The van der Waals surface area contributed by atoms with Crippen molar-refractivity contribution in [3.05, 3.63) is 4.88 Å². The number of rotatable bonds is 7. The highest BCUT2D eigenvalue weighted by Gasteiger charge is 2.26. The monoisotopic (exact) mass is 313 g/mol. The second kappa shape index (κ2) is 6.75. The van der Waals surface area contributed by atoms with Gasteiger partial charge in [-0.15, -0.1) is 0 Å². The van der Waals surface area contributed by atoms with Gasteiger partial charge < -0.3 is 22.1 Å². The number of hydrogen-bond donors (Lipinski definition) is 4. The zero-order chi connectivity index (χ0) is 16.2. The molecule has 2 amide bonds. The quantitative estimate of drug-likeness (QED) is 0.602. The Bertz CT molecular complexity index is 525. The highest BCUT2D eigenvalue weighted by molar-refractivity contribution is 7.18. The Hall–Kier alpha value is -1.83. The lowest BCUT2D eigenvalue weighted by molar-refractivity contribution is -0.119. The van der Waals surface area contributed by atoms with Crippen LogP contribution in [0.1, 0.15) is 43.8 Å². The molecule has 0 bridgehead atoms. The Morgan fingerprint density at radius 1 is 1.38 bits per heavy atom. The first kappa shape index (κ1) is 17.2. The van der Waals surface area contributed by atoms with Crippen LogP contribution in [-0.2, 0) is 4.79 Å². The molecule has 0 radical (unpaired) electrons. The molecule has 0 aliphatic rings. The number of hydrogen-bond acceptors (Lipinski definition) is 6. The number of amides is 2. The van der Waals surface area contributed by atoms with Gasteiger partial charge in [0.25, 0.3) is 5.91 Å². The van der Waals surface area contributed by atoms with Gasteiger partial charge in [0.2, 0.25) is 5.91 Å². The van der Waals surface area contributed by atoms with E-state index in [2.05, 4.69) is 29.5 Å². The molecule has 0 atom stereocenters. The van der Waals surface area contributed by atoms with Crippen LogP contribution in [0.3, 0.4) is 0 Å². The molecule has 0 aliphatic heterocycles. The summed E-state index contributed by atoms with van der Waals surface area (Å²) in [6.07, 6.45) is 0.0515. The van der Waals surface area contributed by atoms with Gasteiger partial charge in [0, 0.05) is 18.5 Å².